The maximum absolute atomic E-state index is 4.26. The standard InChI is InChI=1S/C12H9NS/c14-9-3-4-10-7-8-13-12-6-2-1-5-11(10)12/h1-2,5-8,14H,9H2. The molecule has 0 N–H and O–H groups in total. The Hall–Kier alpha value is -1.46. The molecular weight excluding hydrogens is 190 g/mol. The lowest BCUT2D eigenvalue weighted by molar-refractivity contribution is 1.40. The summed E-state index contributed by atoms with van der Waals surface area (Å²) < 4.78 is 0. The van der Waals surface area contributed by atoms with Crippen LogP contribution in [0, 0.1) is 11.8 Å². The Kier molecular flexibility index (Phi) is 2.71. The van der Waals surface area contributed by atoms with Crippen molar-refractivity contribution < 1.29 is 0 Å². The number of rotatable bonds is 0. The van der Waals surface area contributed by atoms with Gasteiger partial charge in [0.15, 0.2) is 0 Å². The first-order valence-electron chi connectivity index (χ1n) is 4.35. The van der Waals surface area contributed by atoms with Gasteiger partial charge in [-0.25, -0.2) is 0 Å². The summed E-state index contributed by atoms with van der Waals surface area (Å²) in [4.78, 5) is 4.26. The molecule has 0 aliphatic rings. The number of para-hydroxylation sites is 1. The van der Waals surface area contributed by atoms with E-state index in [4.69, 9.17) is 0 Å². The van der Waals surface area contributed by atoms with Gasteiger partial charge in [-0.2, -0.15) is 12.6 Å². The molecule has 1 heterocycles. The second-order valence-corrected chi connectivity index (χ2v) is 3.15. The Morgan fingerprint density at radius 2 is 2.07 bits per heavy atom. The summed E-state index contributed by atoms with van der Waals surface area (Å²) in [6.07, 6.45) is 1.78. The number of hydrogen-bond donors (Lipinski definition) is 1. The van der Waals surface area contributed by atoms with Gasteiger partial charge in [-0.15, -0.1) is 0 Å². The van der Waals surface area contributed by atoms with Crippen LogP contribution in [0.4, 0.5) is 0 Å². The number of pyridine rings is 1. The highest BCUT2D eigenvalue weighted by Gasteiger charge is 1.96. The van der Waals surface area contributed by atoms with Crippen LogP contribution in [0.25, 0.3) is 10.9 Å². The first-order chi connectivity index (χ1) is 6.92. The lowest BCUT2D eigenvalue weighted by Gasteiger charge is -1.97. The molecule has 2 rings (SSSR count). The summed E-state index contributed by atoms with van der Waals surface area (Å²) in [6.45, 7) is 0. The molecule has 0 aliphatic carbocycles. The first-order valence-corrected chi connectivity index (χ1v) is 4.98. The van der Waals surface area contributed by atoms with Crippen molar-refractivity contribution in [3.8, 4) is 11.8 Å². The zero-order valence-electron chi connectivity index (χ0n) is 7.57. The molecule has 2 heteroatoms. The van der Waals surface area contributed by atoms with Gasteiger partial charge in [0.05, 0.1) is 11.3 Å². The van der Waals surface area contributed by atoms with Crippen molar-refractivity contribution >= 4 is 23.5 Å². The van der Waals surface area contributed by atoms with Crippen LogP contribution in [0.1, 0.15) is 5.56 Å². The van der Waals surface area contributed by atoms with E-state index >= 15 is 0 Å². The third-order valence-electron chi connectivity index (χ3n) is 1.95. The summed E-state index contributed by atoms with van der Waals surface area (Å²) >= 11 is 4.06. The van der Waals surface area contributed by atoms with Crippen molar-refractivity contribution in [1.29, 1.82) is 0 Å². The normalized spacial score (nSPS) is 9.50. The fraction of sp³-hybridized carbons (Fsp3) is 0.0833. The highest BCUT2D eigenvalue weighted by atomic mass is 32.1. The molecule has 0 spiro atoms. The Bertz CT molecular complexity index is 503. The largest absolute Gasteiger partial charge is 0.256 e. The molecule has 0 aliphatic heterocycles. The predicted molar refractivity (Wildman–Crippen MR) is 62.5 cm³/mol. The molecular formula is C12H9NS. The zero-order valence-corrected chi connectivity index (χ0v) is 8.46. The van der Waals surface area contributed by atoms with Crippen molar-refractivity contribution in [2.45, 2.75) is 0 Å². The molecule has 68 valence electrons. The molecule has 14 heavy (non-hydrogen) atoms. The summed E-state index contributed by atoms with van der Waals surface area (Å²) in [5.74, 6) is 6.59. The molecule has 2 aromatic rings. The smallest absolute Gasteiger partial charge is 0.0714 e. The average Bonchev–Trinajstić information content (AvgIpc) is 2.26. The van der Waals surface area contributed by atoms with E-state index < -0.39 is 0 Å². The monoisotopic (exact) mass is 199 g/mol. The lowest BCUT2D eigenvalue weighted by Crippen LogP contribution is -1.82. The van der Waals surface area contributed by atoms with Crippen LogP contribution in [0.3, 0.4) is 0 Å². The predicted octanol–water partition coefficient (Wildman–Crippen LogP) is 2.52. The van der Waals surface area contributed by atoms with Crippen LogP contribution in [-0.2, 0) is 0 Å². The molecule has 0 fully saturated rings. The molecule has 1 aromatic heterocycles. The van der Waals surface area contributed by atoms with Crippen molar-refractivity contribution in [2.75, 3.05) is 5.75 Å². The summed E-state index contributed by atoms with van der Waals surface area (Å²) in [5.41, 5.74) is 2.00. The lowest BCUT2D eigenvalue weighted by atomic mass is 10.1. The van der Waals surface area contributed by atoms with Crippen LogP contribution in [-0.4, -0.2) is 10.7 Å². The SMILES string of the molecule is SCC#Cc1ccnc2ccccc12. The minimum Gasteiger partial charge on any atom is -0.256 e. The van der Waals surface area contributed by atoms with E-state index in [9.17, 15) is 0 Å². The van der Waals surface area contributed by atoms with E-state index in [1.807, 2.05) is 30.3 Å². The summed E-state index contributed by atoms with van der Waals surface area (Å²) in [7, 11) is 0. The molecule has 0 saturated heterocycles. The highest BCUT2D eigenvalue weighted by Crippen LogP contribution is 2.14. The minimum atomic E-state index is 0.580. The Morgan fingerprint density at radius 3 is 2.93 bits per heavy atom. The minimum absolute atomic E-state index is 0.580. The van der Waals surface area contributed by atoms with Crippen LogP contribution in [0.5, 0.6) is 0 Å². The molecule has 1 nitrogen and oxygen atoms in total. The quantitative estimate of drug-likeness (QED) is 0.508. The van der Waals surface area contributed by atoms with Crippen LogP contribution in [0.15, 0.2) is 36.5 Å². The molecule has 0 saturated carbocycles. The summed E-state index contributed by atoms with van der Waals surface area (Å²) in [6, 6.07) is 9.92. The Labute approximate surface area is 88.6 Å². The van der Waals surface area contributed by atoms with Gasteiger partial charge in [0.1, 0.15) is 0 Å². The van der Waals surface area contributed by atoms with E-state index in [-0.39, 0.29) is 0 Å². The van der Waals surface area contributed by atoms with Crippen LogP contribution in [0.2, 0.25) is 0 Å². The molecule has 1 aromatic carbocycles. The third kappa shape index (κ3) is 1.73. The van der Waals surface area contributed by atoms with E-state index in [2.05, 4.69) is 29.5 Å². The van der Waals surface area contributed by atoms with Crippen molar-refractivity contribution in [2.24, 2.45) is 0 Å². The second kappa shape index (κ2) is 4.17. The van der Waals surface area contributed by atoms with Gasteiger partial charge in [0.2, 0.25) is 0 Å². The van der Waals surface area contributed by atoms with E-state index in [0.29, 0.717) is 5.75 Å². The molecule has 0 unspecified atom stereocenters. The number of thiol groups is 1. The van der Waals surface area contributed by atoms with Crippen molar-refractivity contribution in [3.63, 3.8) is 0 Å². The third-order valence-corrected chi connectivity index (χ3v) is 2.11. The highest BCUT2D eigenvalue weighted by molar-refractivity contribution is 7.80. The number of benzene rings is 1. The van der Waals surface area contributed by atoms with Crippen LogP contribution < -0.4 is 0 Å². The van der Waals surface area contributed by atoms with E-state index in [0.717, 1.165) is 16.5 Å². The van der Waals surface area contributed by atoms with Gasteiger partial charge in [-0.1, -0.05) is 30.0 Å². The van der Waals surface area contributed by atoms with Crippen LogP contribution >= 0.6 is 12.6 Å². The number of nitrogens with zero attached hydrogens (tertiary/aromatic N) is 1. The molecule has 0 bridgehead atoms. The van der Waals surface area contributed by atoms with E-state index in [1.165, 1.54) is 0 Å². The maximum Gasteiger partial charge on any atom is 0.0714 e. The van der Waals surface area contributed by atoms with E-state index in [1.54, 1.807) is 6.20 Å². The number of hydrogen-bond acceptors (Lipinski definition) is 2. The fourth-order valence-corrected chi connectivity index (χ4v) is 1.42. The topological polar surface area (TPSA) is 12.9 Å². The summed E-state index contributed by atoms with van der Waals surface area (Å²) in [5, 5.41) is 1.10. The van der Waals surface area contributed by atoms with Gasteiger partial charge in [-0.3, -0.25) is 4.98 Å². The van der Waals surface area contributed by atoms with Gasteiger partial charge < -0.3 is 0 Å². The zero-order chi connectivity index (χ0) is 9.80. The Balaban J connectivity index is 2.65. The van der Waals surface area contributed by atoms with Gasteiger partial charge in [0, 0.05) is 17.1 Å². The fourth-order valence-electron chi connectivity index (χ4n) is 1.34. The number of fused-ring (bicyclic) bond motifs is 1. The van der Waals surface area contributed by atoms with Gasteiger partial charge in [0.25, 0.3) is 0 Å². The number of aromatic nitrogens is 1. The second-order valence-electron chi connectivity index (χ2n) is 2.84. The first kappa shape index (κ1) is 9.11. The van der Waals surface area contributed by atoms with Crippen molar-refractivity contribution in [1.82, 2.24) is 4.98 Å². The maximum atomic E-state index is 4.26. The molecule has 0 atom stereocenters. The van der Waals surface area contributed by atoms with Crippen molar-refractivity contribution in [3.05, 3.63) is 42.1 Å². The molecule has 0 amide bonds. The van der Waals surface area contributed by atoms with Gasteiger partial charge >= 0.3 is 0 Å². The average molecular weight is 199 g/mol. The Morgan fingerprint density at radius 1 is 1.21 bits per heavy atom. The molecule has 0 radical (unpaired) electrons. The van der Waals surface area contributed by atoms with Gasteiger partial charge in [-0.05, 0) is 12.1 Å².